The zero-order valence-electron chi connectivity index (χ0n) is 9.31. The monoisotopic (exact) mass is 286 g/mol. The smallest absolute Gasteiger partial charge is 0.376 e. The molecule has 0 aliphatic rings. The van der Waals surface area contributed by atoms with Gasteiger partial charge >= 0.3 is 15.6 Å². The van der Waals surface area contributed by atoms with Crippen molar-refractivity contribution in [1.82, 2.24) is 0 Å². The second-order valence-corrected chi connectivity index (χ2v) is 5.25. The fourth-order valence-electron chi connectivity index (χ4n) is 1.50. The van der Waals surface area contributed by atoms with E-state index in [1.54, 1.807) is 18.2 Å². The van der Waals surface area contributed by atoms with Crippen LogP contribution in [0.2, 0.25) is 0 Å². The minimum absolute atomic E-state index is 0.312. The SMILES string of the molecule is [B]c1cccc2ccc(OS(=O)(=O)C(F)(F)F)cc12. The number of halogens is 3. The third-order valence-electron chi connectivity index (χ3n) is 2.38. The van der Waals surface area contributed by atoms with E-state index in [-0.39, 0.29) is 0 Å². The molecule has 0 spiro atoms. The molecule has 2 radical (unpaired) electrons. The van der Waals surface area contributed by atoms with Gasteiger partial charge in [-0.05, 0) is 22.9 Å². The quantitative estimate of drug-likeness (QED) is 0.481. The van der Waals surface area contributed by atoms with Gasteiger partial charge in [-0.3, -0.25) is 0 Å². The first kappa shape index (κ1) is 13.7. The summed E-state index contributed by atoms with van der Waals surface area (Å²) in [5.74, 6) is -0.442. The van der Waals surface area contributed by atoms with E-state index in [1.807, 2.05) is 0 Å². The van der Waals surface area contributed by atoms with Crippen molar-refractivity contribution in [3.63, 3.8) is 0 Å². The van der Waals surface area contributed by atoms with Crippen LogP contribution in [0, 0.1) is 0 Å². The molecule has 0 heterocycles. The zero-order valence-corrected chi connectivity index (χ0v) is 10.1. The van der Waals surface area contributed by atoms with Crippen LogP contribution >= 0.6 is 0 Å². The van der Waals surface area contributed by atoms with Crippen LogP contribution in [0.4, 0.5) is 13.2 Å². The summed E-state index contributed by atoms with van der Waals surface area (Å²) in [5.41, 5.74) is -5.16. The van der Waals surface area contributed by atoms with Gasteiger partial charge in [-0.15, -0.1) is 0 Å². The van der Waals surface area contributed by atoms with E-state index in [0.29, 0.717) is 16.2 Å². The van der Waals surface area contributed by atoms with Crippen LogP contribution in [-0.4, -0.2) is 21.8 Å². The number of benzene rings is 2. The Labute approximate surface area is 108 Å². The van der Waals surface area contributed by atoms with Crippen LogP contribution in [0.25, 0.3) is 10.8 Å². The van der Waals surface area contributed by atoms with Gasteiger partial charge in [0.1, 0.15) is 13.6 Å². The lowest BCUT2D eigenvalue weighted by Crippen LogP contribution is -2.28. The Hall–Kier alpha value is -1.70. The van der Waals surface area contributed by atoms with Crippen LogP contribution in [-0.2, 0) is 10.1 Å². The fraction of sp³-hybridized carbons (Fsp3) is 0.0909. The first-order valence-corrected chi connectivity index (χ1v) is 6.40. The molecule has 3 nitrogen and oxygen atoms in total. The van der Waals surface area contributed by atoms with Crippen LogP contribution in [0.3, 0.4) is 0 Å². The molecule has 19 heavy (non-hydrogen) atoms. The van der Waals surface area contributed by atoms with Gasteiger partial charge in [0.25, 0.3) is 0 Å². The molecule has 0 saturated carbocycles. The van der Waals surface area contributed by atoms with Crippen molar-refractivity contribution in [2.75, 3.05) is 0 Å². The van der Waals surface area contributed by atoms with Gasteiger partial charge in [-0.1, -0.05) is 29.7 Å². The Morgan fingerprint density at radius 1 is 1.11 bits per heavy atom. The molecular weight excluding hydrogens is 280 g/mol. The zero-order chi connectivity index (χ0) is 14.3. The normalized spacial score (nSPS) is 12.6. The minimum atomic E-state index is -5.67. The average molecular weight is 286 g/mol. The van der Waals surface area contributed by atoms with Crippen molar-refractivity contribution in [2.24, 2.45) is 0 Å². The van der Waals surface area contributed by atoms with Crippen LogP contribution in [0.1, 0.15) is 0 Å². The summed E-state index contributed by atoms with van der Waals surface area (Å²) in [7, 11) is -0.0257. The van der Waals surface area contributed by atoms with Gasteiger partial charge < -0.3 is 4.18 Å². The highest BCUT2D eigenvalue weighted by molar-refractivity contribution is 7.88. The molecule has 2 aromatic carbocycles. The summed E-state index contributed by atoms with van der Waals surface area (Å²) in [6.45, 7) is 0. The van der Waals surface area contributed by atoms with Gasteiger partial charge in [0, 0.05) is 0 Å². The van der Waals surface area contributed by atoms with Crippen LogP contribution in [0.5, 0.6) is 5.75 Å². The summed E-state index contributed by atoms with van der Waals surface area (Å²) >= 11 is 0. The molecule has 8 heteroatoms. The molecular formula is C11H6BF3O3S. The molecule has 0 bridgehead atoms. The number of hydrogen-bond acceptors (Lipinski definition) is 3. The number of alkyl halides is 3. The molecule has 0 aliphatic heterocycles. The first-order valence-electron chi connectivity index (χ1n) is 5.00. The highest BCUT2D eigenvalue weighted by Gasteiger charge is 2.48. The third kappa shape index (κ3) is 2.68. The molecule has 0 aromatic heterocycles. The Bertz CT molecular complexity index is 726. The Morgan fingerprint density at radius 3 is 2.42 bits per heavy atom. The van der Waals surface area contributed by atoms with Crippen LogP contribution in [0.15, 0.2) is 36.4 Å². The van der Waals surface area contributed by atoms with E-state index >= 15 is 0 Å². The van der Waals surface area contributed by atoms with Gasteiger partial charge in [0.05, 0.1) is 0 Å². The maximum absolute atomic E-state index is 12.2. The molecule has 0 fully saturated rings. The highest BCUT2D eigenvalue weighted by Crippen LogP contribution is 2.28. The van der Waals surface area contributed by atoms with Crippen LogP contribution < -0.4 is 9.65 Å². The highest BCUT2D eigenvalue weighted by atomic mass is 32.2. The number of rotatable bonds is 2. The van der Waals surface area contributed by atoms with Gasteiger partial charge in [0.2, 0.25) is 0 Å². The number of fused-ring (bicyclic) bond motifs is 1. The number of hydrogen-bond donors (Lipinski definition) is 0. The van der Waals surface area contributed by atoms with Crippen molar-refractivity contribution in [3.05, 3.63) is 36.4 Å². The largest absolute Gasteiger partial charge is 0.534 e. The van der Waals surface area contributed by atoms with Crippen molar-refractivity contribution in [3.8, 4) is 5.75 Å². The Balaban J connectivity index is 2.46. The minimum Gasteiger partial charge on any atom is -0.376 e. The van der Waals surface area contributed by atoms with Crippen molar-refractivity contribution in [2.45, 2.75) is 5.51 Å². The van der Waals surface area contributed by atoms with E-state index in [0.717, 1.165) is 12.1 Å². The van der Waals surface area contributed by atoms with Gasteiger partial charge in [0.15, 0.2) is 0 Å². The van der Waals surface area contributed by atoms with E-state index in [1.165, 1.54) is 6.07 Å². The second kappa shape index (κ2) is 4.45. The predicted molar refractivity (Wildman–Crippen MR) is 64.9 cm³/mol. The van der Waals surface area contributed by atoms with Crippen molar-refractivity contribution < 1.29 is 25.8 Å². The summed E-state index contributed by atoms with van der Waals surface area (Å²) in [4.78, 5) is 0. The lowest BCUT2D eigenvalue weighted by Gasteiger charge is -2.10. The van der Waals surface area contributed by atoms with Gasteiger partial charge in [-0.25, -0.2) is 0 Å². The maximum atomic E-state index is 12.2. The van der Waals surface area contributed by atoms with Crippen molar-refractivity contribution in [1.29, 1.82) is 0 Å². The molecule has 2 aromatic rings. The lowest BCUT2D eigenvalue weighted by molar-refractivity contribution is -0.0500. The van der Waals surface area contributed by atoms with E-state index in [4.69, 9.17) is 7.85 Å². The second-order valence-electron chi connectivity index (χ2n) is 3.71. The molecule has 0 amide bonds. The van der Waals surface area contributed by atoms with E-state index < -0.39 is 21.4 Å². The predicted octanol–water partition coefficient (Wildman–Crippen LogP) is 1.86. The first-order chi connectivity index (χ1) is 8.71. The third-order valence-corrected chi connectivity index (χ3v) is 3.36. The van der Waals surface area contributed by atoms with E-state index in [2.05, 4.69) is 4.18 Å². The topological polar surface area (TPSA) is 43.4 Å². The summed E-state index contributed by atoms with van der Waals surface area (Å²) in [5, 5.41) is 1.08. The molecule has 0 N–H and O–H groups in total. The molecule has 0 aliphatic carbocycles. The lowest BCUT2D eigenvalue weighted by atomic mass is 9.90. The molecule has 0 saturated heterocycles. The van der Waals surface area contributed by atoms with Crippen molar-refractivity contribution >= 4 is 34.2 Å². The van der Waals surface area contributed by atoms with Gasteiger partial charge in [-0.2, -0.15) is 21.6 Å². The average Bonchev–Trinajstić information content (AvgIpc) is 2.28. The van der Waals surface area contributed by atoms with E-state index in [9.17, 15) is 21.6 Å². The Kier molecular flexibility index (Phi) is 3.21. The fourth-order valence-corrected chi connectivity index (χ4v) is 1.95. The standard InChI is InChI=1S/C11H6BF3O3S/c12-10-3-1-2-7-4-5-8(6-9(7)10)18-19(16,17)11(13,14)15/h1-6H. The maximum Gasteiger partial charge on any atom is 0.534 e. The summed E-state index contributed by atoms with van der Waals surface area (Å²) < 4.78 is 62.3. The molecule has 0 unspecified atom stereocenters. The Morgan fingerprint density at radius 2 is 1.79 bits per heavy atom. The molecule has 2 rings (SSSR count). The molecule has 0 atom stereocenters. The summed E-state index contributed by atoms with van der Waals surface area (Å²) in [6.07, 6.45) is 0. The molecule has 98 valence electrons. The summed E-state index contributed by atoms with van der Waals surface area (Å²) in [6, 6.07) is 8.61.